The van der Waals surface area contributed by atoms with Crippen LogP contribution in [-0.4, -0.2) is 18.3 Å². The Morgan fingerprint density at radius 3 is 2.42 bits per heavy atom. The number of nitriles is 1. The van der Waals surface area contributed by atoms with E-state index in [0.717, 1.165) is 9.54 Å². The van der Waals surface area contributed by atoms with Crippen LogP contribution in [0.15, 0.2) is 65.2 Å². The van der Waals surface area contributed by atoms with Gasteiger partial charge in [-0.05, 0) is 31.2 Å². The molecular formula is C19H15N3O3S. The average molecular weight is 365 g/mol. The van der Waals surface area contributed by atoms with E-state index in [1.807, 2.05) is 6.92 Å². The first-order chi connectivity index (χ1) is 12.3. The van der Waals surface area contributed by atoms with E-state index >= 15 is 0 Å². The Morgan fingerprint density at radius 1 is 1.15 bits per heavy atom. The number of hydrogen-bond donors (Lipinski definition) is 1. The van der Waals surface area contributed by atoms with Gasteiger partial charge in [-0.3, -0.25) is 4.79 Å². The van der Waals surface area contributed by atoms with E-state index in [1.165, 1.54) is 12.3 Å². The average Bonchev–Trinajstić information content (AvgIpc) is 2.99. The Kier molecular flexibility index (Phi) is 4.36. The summed E-state index contributed by atoms with van der Waals surface area (Å²) in [7, 11) is -3.84. The molecule has 0 saturated heterocycles. The lowest BCUT2D eigenvalue weighted by molar-refractivity contribution is -0.114. The SMILES string of the molecule is Cc1ccc(S(=O)(=O)n2cc(C=C(C#N)C(N)=O)c3ccccc32)cc1. The highest BCUT2D eigenvalue weighted by Crippen LogP contribution is 2.27. The second-order valence-electron chi connectivity index (χ2n) is 5.75. The number of nitrogens with two attached hydrogens (primary N) is 1. The van der Waals surface area contributed by atoms with Gasteiger partial charge in [-0.25, -0.2) is 12.4 Å². The molecule has 3 rings (SSSR count). The highest BCUT2D eigenvalue weighted by Gasteiger charge is 2.21. The molecule has 0 aliphatic rings. The summed E-state index contributed by atoms with van der Waals surface area (Å²) in [5, 5.41) is 9.65. The highest BCUT2D eigenvalue weighted by molar-refractivity contribution is 7.90. The zero-order valence-electron chi connectivity index (χ0n) is 13.9. The van der Waals surface area contributed by atoms with E-state index < -0.39 is 15.9 Å². The van der Waals surface area contributed by atoms with Gasteiger partial charge in [0.25, 0.3) is 15.9 Å². The number of benzene rings is 2. The summed E-state index contributed by atoms with van der Waals surface area (Å²) in [5.41, 5.74) is 6.75. The fourth-order valence-electron chi connectivity index (χ4n) is 2.63. The molecule has 2 aromatic carbocycles. The van der Waals surface area contributed by atoms with Crippen molar-refractivity contribution in [1.82, 2.24) is 3.97 Å². The van der Waals surface area contributed by atoms with Crippen molar-refractivity contribution in [1.29, 1.82) is 5.26 Å². The number of carbonyl (C=O) groups excluding carboxylic acids is 1. The van der Waals surface area contributed by atoms with Crippen LogP contribution in [0.5, 0.6) is 0 Å². The Bertz CT molecular complexity index is 1180. The van der Waals surface area contributed by atoms with E-state index in [2.05, 4.69) is 0 Å². The first-order valence-electron chi connectivity index (χ1n) is 7.68. The molecule has 3 aromatic rings. The molecule has 0 radical (unpaired) electrons. The van der Waals surface area contributed by atoms with Crippen LogP contribution in [0.1, 0.15) is 11.1 Å². The molecule has 0 atom stereocenters. The van der Waals surface area contributed by atoms with Gasteiger partial charge in [0.1, 0.15) is 11.6 Å². The molecular weight excluding hydrogens is 350 g/mol. The molecule has 0 bridgehead atoms. The minimum atomic E-state index is -3.84. The van der Waals surface area contributed by atoms with Gasteiger partial charge in [0.05, 0.1) is 10.4 Å². The molecule has 0 fully saturated rings. The van der Waals surface area contributed by atoms with Crippen molar-refractivity contribution in [2.24, 2.45) is 5.73 Å². The van der Waals surface area contributed by atoms with Crippen LogP contribution < -0.4 is 5.73 Å². The molecule has 26 heavy (non-hydrogen) atoms. The summed E-state index contributed by atoms with van der Waals surface area (Å²) in [4.78, 5) is 11.5. The third-order valence-corrected chi connectivity index (χ3v) is 5.66. The van der Waals surface area contributed by atoms with E-state index in [4.69, 9.17) is 11.0 Å². The summed E-state index contributed by atoms with van der Waals surface area (Å²) < 4.78 is 27.2. The fourth-order valence-corrected chi connectivity index (χ4v) is 4.00. The lowest BCUT2D eigenvalue weighted by atomic mass is 10.1. The van der Waals surface area contributed by atoms with Gasteiger partial charge in [0, 0.05) is 17.1 Å². The molecule has 1 amide bonds. The molecule has 1 heterocycles. The number of fused-ring (bicyclic) bond motifs is 1. The van der Waals surface area contributed by atoms with Crippen LogP contribution in [0.3, 0.4) is 0 Å². The number of rotatable bonds is 4. The van der Waals surface area contributed by atoms with Crippen molar-refractivity contribution < 1.29 is 13.2 Å². The highest BCUT2D eigenvalue weighted by atomic mass is 32.2. The number of aromatic nitrogens is 1. The van der Waals surface area contributed by atoms with Crippen LogP contribution in [-0.2, 0) is 14.8 Å². The summed E-state index contributed by atoms with van der Waals surface area (Å²) in [6.45, 7) is 1.87. The van der Waals surface area contributed by atoms with Gasteiger partial charge < -0.3 is 5.73 Å². The van der Waals surface area contributed by atoms with Crippen LogP contribution >= 0.6 is 0 Å². The minimum absolute atomic E-state index is 0.148. The van der Waals surface area contributed by atoms with Gasteiger partial charge in [-0.1, -0.05) is 35.9 Å². The summed E-state index contributed by atoms with van der Waals surface area (Å²) in [5.74, 6) is -0.870. The number of hydrogen-bond acceptors (Lipinski definition) is 4. The maximum Gasteiger partial charge on any atom is 0.268 e. The zero-order chi connectivity index (χ0) is 18.9. The van der Waals surface area contributed by atoms with Crippen LogP contribution in [0, 0.1) is 18.3 Å². The van der Waals surface area contributed by atoms with Crippen LogP contribution in [0.2, 0.25) is 0 Å². The van der Waals surface area contributed by atoms with E-state index in [0.29, 0.717) is 16.5 Å². The monoisotopic (exact) mass is 365 g/mol. The van der Waals surface area contributed by atoms with Crippen molar-refractivity contribution in [2.45, 2.75) is 11.8 Å². The number of amides is 1. The number of carbonyl (C=O) groups is 1. The third-order valence-electron chi connectivity index (χ3n) is 3.97. The van der Waals surface area contributed by atoms with Crippen molar-refractivity contribution in [3.63, 3.8) is 0 Å². The first kappa shape index (κ1) is 17.5. The van der Waals surface area contributed by atoms with Crippen molar-refractivity contribution >= 4 is 32.9 Å². The Labute approximate surface area is 150 Å². The molecule has 2 N–H and O–H groups in total. The summed E-state index contributed by atoms with van der Waals surface area (Å²) in [6, 6.07) is 15.1. The molecule has 0 spiro atoms. The van der Waals surface area contributed by atoms with E-state index in [-0.39, 0.29) is 10.5 Å². The maximum absolute atomic E-state index is 13.0. The van der Waals surface area contributed by atoms with Crippen LogP contribution in [0.25, 0.3) is 17.0 Å². The van der Waals surface area contributed by atoms with Gasteiger partial charge in [0.2, 0.25) is 0 Å². The predicted octanol–water partition coefficient (Wildman–Crippen LogP) is 2.58. The number of para-hydroxylation sites is 1. The van der Waals surface area contributed by atoms with Crippen molar-refractivity contribution in [2.75, 3.05) is 0 Å². The third kappa shape index (κ3) is 2.98. The largest absolute Gasteiger partial charge is 0.365 e. The quantitative estimate of drug-likeness (QED) is 0.566. The number of primary amides is 1. The predicted molar refractivity (Wildman–Crippen MR) is 98.5 cm³/mol. The smallest absolute Gasteiger partial charge is 0.268 e. The summed E-state index contributed by atoms with van der Waals surface area (Å²) >= 11 is 0. The van der Waals surface area contributed by atoms with E-state index in [9.17, 15) is 13.2 Å². The minimum Gasteiger partial charge on any atom is -0.365 e. The maximum atomic E-state index is 13.0. The molecule has 0 aliphatic carbocycles. The normalized spacial score (nSPS) is 12.1. The number of aryl methyl sites for hydroxylation is 1. The van der Waals surface area contributed by atoms with Gasteiger partial charge in [-0.15, -0.1) is 0 Å². The molecule has 0 aliphatic heterocycles. The topological polar surface area (TPSA) is 106 Å². The Morgan fingerprint density at radius 2 is 1.81 bits per heavy atom. The van der Waals surface area contributed by atoms with Crippen molar-refractivity contribution in [3.05, 3.63) is 71.4 Å². The second kappa shape index (κ2) is 6.50. The van der Waals surface area contributed by atoms with Crippen molar-refractivity contribution in [3.8, 4) is 6.07 Å². The lowest BCUT2D eigenvalue weighted by Gasteiger charge is -2.07. The summed E-state index contributed by atoms with van der Waals surface area (Å²) in [6.07, 6.45) is 2.69. The number of nitrogens with zero attached hydrogens (tertiary/aromatic N) is 2. The fraction of sp³-hybridized carbons (Fsp3) is 0.0526. The molecule has 1 aromatic heterocycles. The Hall–Kier alpha value is -3.37. The molecule has 130 valence electrons. The Balaban J connectivity index is 2.27. The standard InChI is InChI=1S/C19H15N3O3S/c1-13-6-8-16(9-7-13)26(24,25)22-12-15(10-14(11-20)19(21)23)17-4-2-3-5-18(17)22/h2-10,12H,1H3,(H2,21,23). The molecule has 7 heteroatoms. The molecule has 0 unspecified atom stereocenters. The van der Waals surface area contributed by atoms with Gasteiger partial charge in [-0.2, -0.15) is 5.26 Å². The lowest BCUT2D eigenvalue weighted by Crippen LogP contribution is -2.12. The molecule has 6 nitrogen and oxygen atoms in total. The first-order valence-corrected chi connectivity index (χ1v) is 9.12. The van der Waals surface area contributed by atoms with Crippen LogP contribution in [0.4, 0.5) is 0 Å². The van der Waals surface area contributed by atoms with Gasteiger partial charge >= 0.3 is 0 Å². The molecule has 0 saturated carbocycles. The second-order valence-corrected chi connectivity index (χ2v) is 7.56. The zero-order valence-corrected chi connectivity index (χ0v) is 14.7. The van der Waals surface area contributed by atoms with Gasteiger partial charge in [0.15, 0.2) is 0 Å². The van der Waals surface area contributed by atoms with E-state index in [1.54, 1.807) is 54.6 Å².